The molecule has 13 heavy (non-hydrogen) atoms. The maximum Gasteiger partial charge on any atom is 0.344 e. The summed E-state index contributed by atoms with van der Waals surface area (Å²) in [5.41, 5.74) is 1.35. The summed E-state index contributed by atoms with van der Waals surface area (Å²) in [6, 6.07) is 1.71. The Morgan fingerprint density at radius 2 is 2.54 bits per heavy atom. The van der Waals surface area contributed by atoms with Crippen molar-refractivity contribution >= 4 is 11.7 Å². The topological polar surface area (TPSA) is 72.0 Å². The van der Waals surface area contributed by atoms with Crippen molar-refractivity contribution in [2.75, 3.05) is 6.61 Å². The van der Waals surface area contributed by atoms with Crippen LogP contribution in [0, 0.1) is 0 Å². The first-order valence-electron chi connectivity index (χ1n) is 3.61. The van der Waals surface area contributed by atoms with Gasteiger partial charge < -0.3 is 14.4 Å². The number of nitrogens with zero attached hydrogens (tertiary/aromatic N) is 1. The Labute approximate surface area is 74.6 Å². The lowest BCUT2D eigenvalue weighted by Gasteiger charge is -1.95. The summed E-state index contributed by atoms with van der Waals surface area (Å²) in [7, 11) is 0. The summed E-state index contributed by atoms with van der Waals surface area (Å²) in [5.74, 6) is -1.05. The number of aliphatic carboxylic acids is 1. The van der Waals surface area contributed by atoms with Crippen molar-refractivity contribution in [2.24, 2.45) is 5.16 Å². The molecule has 1 rings (SSSR count). The summed E-state index contributed by atoms with van der Waals surface area (Å²) < 4.78 is 4.81. The third kappa shape index (κ3) is 2.98. The molecule has 0 aliphatic carbocycles. The fourth-order valence-electron chi connectivity index (χ4n) is 0.707. The molecule has 0 aliphatic rings. The standard InChI is InChI=1S/C8H9NO4/c1-6(7-2-3-12-4-7)9-13-5-8(10)11/h2-4H,5H2,1H3,(H,10,11). The lowest BCUT2D eigenvalue weighted by Crippen LogP contribution is -2.05. The van der Waals surface area contributed by atoms with Gasteiger partial charge in [0.05, 0.1) is 18.2 Å². The molecule has 0 saturated carbocycles. The van der Waals surface area contributed by atoms with Gasteiger partial charge in [0, 0.05) is 5.56 Å². The maximum absolute atomic E-state index is 10.1. The highest BCUT2D eigenvalue weighted by Crippen LogP contribution is 2.01. The minimum atomic E-state index is -1.05. The molecule has 1 N–H and O–H groups in total. The Bertz CT molecular complexity index is 302. The van der Waals surface area contributed by atoms with Crippen molar-refractivity contribution in [1.82, 2.24) is 0 Å². The summed E-state index contributed by atoms with van der Waals surface area (Å²) in [4.78, 5) is 14.6. The zero-order valence-electron chi connectivity index (χ0n) is 7.06. The summed E-state index contributed by atoms with van der Waals surface area (Å²) in [6.07, 6.45) is 3.01. The van der Waals surface area contributed by atoms with E-state index in [1.165, 1.54) is 12.5 Å². The predicted molar refractivity (Wildman–Crippen MR) is 44.5 cm³/mol. The molecule has 0 amide bonds. The summed E-state index contributed by atoms with van der Waals surface area (Å²) >= 11 is 0. The van der Waals surface area contributed by atoms with E-state index in [0.29, 0.717) is 5.71 Å². The van der Waals surface area contributed by atoms with Crippen molar-refractivity contribution in [3.63, 3.8) is 0 Å². The van der Waals surface area contributed by atoms with Gasteiger partial charge in [-0.3, -0.25) is 0 Å². The van der Waals surface area contributed by atoms with Gasteiger partial charge in [-0.15, -0.1) is 0 Å². The lowest BCUT2D eigenvalue weighted by atomic mass is 10.2. The van der Waals surface area contributed by atoms with E-state index < -0.39 is 12.6 Å². The first kappa shape index (κ1) is 9.31. The van der Waals surface area contributed by atoms with Crippen LogP contribution in [0.4, 0.5) is 0 Å². The van der Waals surface area contributed by atoms with Crippen LogP contribution in [-0.4, -0.2) is 23.4 Å². The van der Waals surface area contributed by atoms with Gasteiger partial charge in [0.1, 0.15) is 0 Å². The van der Waals surface area contributed by atoms with Gasteiger partial charge in [-0.1, -0.05) is 5.16 Å². The van der Waals surface area contributed by atoms with Gasteiger partial charge in [0.2, 0.25) is 6.61 Å². The molecule has 0 fully saturated rings. The smallest absolute Gasteiger partial charge is 0.344 e. The molecule has 0 aromatic carbocycles. The molecular formula is C8H9NO4. The van der Waals surface area contributed by atoms with Crippen molar-refractivity contribution in [2.45, 2.75) is 6.92 Å². The third-order valence-corrected chi connectivity index (χ3v) is 1.33. The average Bonchev–Trinajstić information content (AvgIpc) is 2.55. The van der Waals surface area contributed by atoms with E-state index in [1.807, 2.05) is 0 Å². The van der Waals surface area contributed by atoms with Gasteiger partial charge >= 0.3 is 5.97 Å². The number of furan rings is 1. The van der Waals surface area contributed by atoms with E-state index in [2.05, 4.69) is 9.99 Å². The van der Waals surface area contributed by atoms with Crippen molar-refractivity contribution in [3.8, 4) is 0 Å². The summed E-state index contributed by atoms with van der Waals surface area (Å²) in [6.45, 7) is 1.27. The van der Waals surface area contributed by atoms with Crippen LogP contribution < -0.4 is 0 Å². The molecule has 0 spiro atoms. The Hall–Kier alpha value is -1.78. The van der Waals surface area contributed by atoms with Crippen molar-refractivity contribution in [1.29, 1.82) is 0 Å². The SMILES string of the molecule is CC(=NOCC(=O)O)c1ccoc1. The Balaban J connectivity index is 2.48. The van der Waals surface area contributed by atoms with E-state index in [0.717, 1.165) is 5.56 Å². The molecule has 0 aliphatic heterocycles. The Morgan fingerprint density at radius 1 is 1.77 bits per heavy atom. The Kier molecular flexibility index (Phi) is 3.08. The van der Waals surface area contributed by atoms with E-state index in [9.17, 15) is 4.79 Å². The average molecular weight is 183 g/mol. The molecule has 1 aromatic rings. The van der Waals surface area contributed by atoms with Gasteiger partial charge in [-0.2, -0.15) is 0 Å². The van der Waals surface area contributed by atoms with Crippen LogP contribution in [0.3, 0.4) is 0 Å². The first-order chi connectivity index (χ1) is 6.20. The third-order valence-electron chi connectivity index (χ3n) is 1.33. The highest BCUT2D eigenvalue weighted by Gasteiger charge is 2.00. The zero-order valence-corrected chi connectivity index (χ0v) is 7.06. The van der Waals surface area contributed by atoms with Crippen LogP contribution in [0.15, 0.2) is 28.2 Å². The summed E-state index contributed by atoms with van der Waals surface area (Å²) in [5, 5.41) is 11.8. The monoisotopic (exact) mass is 183 g/mol. The molecule has 5 heteroatoms. The molecule has 70 valence electrons. The lowest BCUT2D eigenvalue weighted by molar-refractivity contribution is -0.142. The quantitative estimate of drug-likeness (QED) is 0.560. The fourth-order valence-corrected chi connectivity index (χ4v) is 0.707. The van der Waals surface area contributed by atoms with E-state index >= 15 is 0 Å². The van der Waals surface area contributed by atoms with E-state index in [-0.39, 0.29) is 0 Å². The first-order valence-corrected chi connectivity index (χ1v) is 3.61. The van der Waals surface area contributed by atoms with Gasteiger partial charge in [0.15, 0.2) is 0 Å². The van der Waals surface area contributed by atoms with Gasteiger partial charge in [0.25, 0.3) is 0 Å². The van der Waals surface area contributed by atoms with Gasteiger partial charge in [-0.05, 0) is 13.0 Å². The van der Waals surface area contributed by atoms with Crippen LogP contribution in [0.1, 0.15) is 12.5 Å². The highest BCUT2D eigenvalue weighted by atomic mass is 16.6. The number of oxime groups is 1. The second-order valence-electron chi connectivity index (χ2n) is 2.36. The van der Waals surface area contributed by atoms with Crippen LogP contribution in [0.25, 0.3) is 0 Å². The molecule has 0 radical (unpaired) electrons. The molecule has 1 aromatic heterocycles. The van der Waals surface area contributed by atoms with Crippen LogP contribution in [0.5, 0.6) is 0 Å². The molecular weight excluding hydrogens is 174 g/mol. The number of rotatable bonds is 4. The zero-order chi connectivity index (χ0) is 9.68. The highest BCUT2D eigenvalue weighted by molar-refractivity contribution is 5.97. The largest absolute Gasteiger partial charge is 0.479 e. The molecule has 1 heterocycles. The van der Waals surface area contributed by atoms with Crippen LogP contribution in [0.2, 0.25) is 0 Å². The van der Waals surface area contributed by atoms with Gasteiger partial charge in [-0.25, -0.2) is 4.79 Å². The maximum atomic E-state index is 10.1. The normalized spacial score (nSPS) is 11.3. The Morgan fingerprint density at radius 3 is 3.08 bits per heavy atom. The number of carboxylic acids is 1. The molecule has 0 atom stereocenters. The molecule has 0 bridgehead atoms. The minimum absolute atomic E-state index is 0.435. The molecule has 0 saturated heterocycles. The van der Waals surface area contributed by atoms with Crippen molar-refractivity contribution < 1.29 is 19.2 Å². The number of carbonyl (C=O) groups is 1. The minimum Gasteiger partial charge on any atom is -0.479 e. The van der Waals surface area contributed by atoms with Crippen LogP contribution in [-0.2, 0) is 9.63 Å². The number of hydrogen-bond acceptors (Lipinski definition) is 4. The van der Waals surface area contributed by atoms with E-state index in [1.54, 1.807) is 13.0 Å². The number of carboxylic acid groups (broad SMARTS) is 1. The fraction of sp³-hybridized carbons (Fsp3) is 0.250. The number of hydrogen-bond donors (Lipinski definition) is 1. The van der Waals surface area contributed by atoms with Crippen molar-refractivity contribution in [3.05, 3.63) is 24.2 Å². The molecule has 5 nitrogen and oxygen atoms in total. The second-order valence-corrected chi connectivity index (χ2v) is 2.36. The van der Waals surface area contributed by atoms with E-state index in [4.69, 9.17) is 9.52 Å². The van der Waals surface area contributed by atoms with Crippen LogP contribution >= 0.6 is 0 Å². The molecule has 0 unspecified atom stereocenters. The second kappa shape index (κ2) is 4.30. The predicted octanol–water partition coefficient (Wildman–Crippen LogP) is 1.10.